The lowest BCUT2D eigenvalue weighted by atomic mass is 10.0. The van der Waals surface area contributed by atoms with Gasteiger partial charge in [-0.25, -0.2) is 14.4 Å². The first-order valence-electron chi connectivity index (χ1n) is 36.8. The van der Waals surface area contributed by atoms with E-state index >= 15 is 0 Å². The maximum absolute atomic E-state index is 12.3. The molecule has 4 saturated heterocycles. The number of halogens is 13. The second kappa shape index (κ2) is 39.4. The predicted octanol–water partition coefficient (Wildman–Crippen LogP) is 19.7. The van der Waals surface area contributed by atoms with Crippen molar-refractivity contribution >= 4 is 51.4 Å². The highest BCUT2D eigenvalue weighted by atomic mass is 32.2. The van der Waals surface area contributed by atoms with Crippen LogP contribution in [0.3, 0.4) is 0 Å². The first-order chi connectivity index (χ1) is 55.4. The monoisotopic (exact) mass is 1660 g/mol. The maximum Gasteiger partial charge on any atom is 0.573 e. The Morgan fingerprint density at radius 1 is 0.371 bits per heavy atom. The zero-order valence-corrected chi connectivity index (χ0v) is 62.8. The van der Waals surface area contributed by atoms with Crippen LogP contribution in [-0.2, 0) is 49.8 Å². The Labute approximate surface area is 657 Å². The molecule has 0 saturated carbocycles. The van der Waals surface area contributed by atoms with E-state index < -0.39 is 42.7 Å². The van der Waals surface area contributed by atoms with Crippen LogP contribution in [0.15, 0.2) is 197 Å². The minimum absolute atomic E-state index is 0.0327. The third-order valence-corrected chi connectivity index (χ3v) is 18.8. The summed E-state index contributed by atoms with van der Waals surface area (Å²) in [5, 5.41) is 8.57. The SMILES string of the molecule is CSF.O=C1Cc2cc(-c3ccc(OC(F)(F)F)cc3)ccc2O1.O=c1oc2ccc(-c3ccc(OC(F)(F)F)cc3)cc2n1CC1CCCCO1.O=c1oc2ccc(-c3ccc(OC(F)(F)F)cc3)cc2n1C[C@@H]1CCCCO1.O=c1oc2ccc(-c3ccc(OC(F)(F)F)cc3)cc2n1C[C@H]1CCCCO1.OCC1CCCCO1. The molecule has 16 rings (SSSR count). The fourth-order valence-corrected chi connectivity index (χ4v) is 13.4. The van der Waals surface area contributed by atoms with Crippen molar-refractivity contribution in [2.75, 3.05) is 39.3 Å². The van der Waals surface area contributed by atoms with E-state index in [1.807, 2.05) is 0 Å². The summed E-state index contributed by atoms with van der Waals surface area (Å²) >= 11 is 0.250. The molecule has 8 aromatic carbocycles. The fourth-order valence-electron chi connectivity index (χ4n) is 13.4. The molecule has 1 N–H and O–H groups in total. The number of aliphatic hydroxyl groups is 1. The molecule has 0 spiro atoms. The maximum atomic E-state index is 12.3. The van der Waals surface area contributed by atoms with Crippen LogP contribution in [0.25, 0.3) is 77.8 Å². The van der Waals surface area contributed by atoms with Crippen LogP contribution in [0.5, 0.6) is 28.7 Å². The number of ether oxygens (including phenoxy) is 9. The molecule has 34 heteroatoms. The van der Waals surface area contributed by atoms with E-state index in [2.05, 4.69) is 18.9 Å². The number of nitrogens with zero attached hydrogens (tertiary/aromatic N) is 3. The van der Waals surface area contributed by atoms with Gasteiger partial charge < -0.3 is 61.0 Å². The van der Waals surface area contributed by atoms with Crippen molar-refractivity contribution in [3.63, 3.8) is 0 Å². The quantitative estimate of drug-likeness (QED) is 0.0572. The van der Waals surface area contributed by atoms with E-state index in [1.54, 1.807) is 86.5 Å². The number of esters is 1. The molecule has 20 nitrogen and oxygen atoms in total. The Balaban J connectivity index is 0.000000146. The summed E-state index contributed by atoms with van der Waals surface area (Å²) in [5.41, 5.74) is 9.93. The third kappa shape index (κ3) is 25.2. The van der Waals surface area contributed by atoms with Crippen molar-refractivity contribution in [3.8, 4) is 73.3 Å². The molecule has 0 aliphatic carbocycles. The van der Waals surface area contributed by atoms with Crippen LogP contribution in [0, 0.1) is 0 Å². The van der Waals surface area contributed by atoms with Gasteiger partial charge in [0, 0.05) is 50.4 Å². The molecule has 2 unspecified atom stereocenters. The van der Waals surface area contributed by atoms with Crippen LogP contribution in [0.4, 0.5) is 56.6 Å². The zero-order valence-electron chi connectivity index (χ0n) is 62.0. The van der Waals surface area contributed by atoms with Crippen LogP contribution < -0.4 is 41.0 Å². The summed E-state index contributed by atoms with van der Waals surface area (Å²) in [6, 6.07) is 43.2. The Morgan fingerprint density at radius 3 is 0.879 bits per heavy atom. The number of carbonyl (C=O) groups excluding carboxylic acids is 1. The fraction of sp³-hybridized carbons (Fsp3) is 0.366. The van der Waals surface area contributed by atoms with Gasteiger partial charge in [0.15, 0.2) is 16.7 Å². The molecule has 0 amide bonds. The van der Waals surface area contributed by atoms with Crippen molar-refractivity contribution in [1.82, 2.24) is 13.7 Å². The van der Waals surface area contributed by atoms with E-state index in [4.69, 9.17) is 42.0 Å². The van der Waals surface area contributed by atoms with E-state index in [9.17, 15) is 75.7 Å². The molecule has 11 aromatic rings. The van der Waals surface area contributed by atoms with Crippen molar-refractivity contribution < 1.29 is 122 Å². The number of oxazole rings is 3. The van der Waals surface area contributed by atoms with Gasteiger partial charge in [-0.3, -0.25) is 18.5 Å². The number of alkyl halides is 12. The molecular formula is C82H78F13N3O17S. The number of hydrogen-bond donors (Lipinski definition) is 1. The summed E-state index contributed by atoms with van der Waals surface area (Å²) in [4.78, 5) is 47.9. The average molecular weight is 1660 g/mol. The molecule has 116 heavy (non-hydrogen) atoms. The molecule has 5 aliphatic heterocycles. The van der Waals surface area contributed by atoms with Gasteiger partial charge in [-0.05, 0) is 219 Å². The van der Waals surface area contributed by atoms with Gasteiger partial charge in [0.25, 0.3) is 0 Å². The van der Waals surface area contributed by atoms with Gasteiger partial charge in [-0.2, -0.15) is 3.89 Å². The van der Waals surface area contributed by atoms with E-state index in [-0.39, 0.29) is 78.6 Å². The topological polar surface area (TPSA) is 226 Å². The summed E-state index contributed by atoms with van der Waals surface area (Å²) in [6.07, 6.45) is -4.92. The van der Waals surface area contributed by atoms with Gasteiger partial charge in [0.2, 0.25) is 0 Å². The standard InChI is InChI=1S/3C20H18F3NO4.C15H9F3O3.C6H12O2.CH3FS/c3*21-20(22,23)28-15-7-4-13(5-8-15)14-6-9-18-17(11-14)24(19(25)27-18)12-16-3-1-2-10-26-16;16-15(17,18)21-12-4-1-9(2-5-12)10-3-6-13-11(7-10)8-14(19)20-13;7-5-6-3-1-2-4-8-6;1-3-2/h3*4-9,11,16H,1-3,10,12H2;1-7H,8H2;6-7H,1-5H2;1H3/t2*16-;;;;/m10..../s1. The molecule has 0 radical (unpaired) electrons. The molecule has 0 bridgehead atoms. The molecule has 5 aliphatic rings. The van der Waals surface area contributed by atoms with Crippen LogP contribution in [0.1, 0.15) is 82.6 Å². The number of benzene rings is 8. The number of carbonyl (C=O) groups is 1. The van der Waals surface area contributed by atoms with Gasteiger partial charge >= 0.3 is 48.7 Å². The summed E-state index contributed by atoms with van der Waals surface area (Å²) in [6.45, 7) is 4.33. The van der Waals surface area contributed by atoms with Crippen molar-refractivity contribution in [2.24, 2.45) is 0 Å². The highest BCUT2D eigenvalue weighted by Gasteiger charge is 2.34. The number of rotatable bonds is 15. The van der Waals surface area contributed by atoms with Crippen molar-refractivity contribution in [1.29, 1.82) is 0 Å². The number of hydrogen-bond acceptors (Lipinski definition) is 18. The normalized spacial score (nSPS) is 17.6. The number of aromatic nitrogens is 3. The predicted molar refractivity (Wildman–Crippen MR) is 402 cm³/mol. The second-order valence-electron chi connectivity index (χ2n) is 27.0. The van der Waals surface area contributed by atoms with Crippen LogP contribution in [-0.4, -0.2) is 114 Å². The van der Waals surface area contributed by atoms with Crippen LogP contribution in [0.2, 0.25) is 0 Å². The first-order valence-corrected chi connectivity index (χ1v) is 38.0. The van der Waals surface area contributed by atoms with Crippen molar-refractivity contribution in [2.45, 2.75) is 153 Å². The van der Waals surface area contributed by atoms with Gasteiger partial charge in [0.1, 0.15) is 28.7 Å². The molecule has 4 fully saturated rings. The Kier molecular flexibility index (Phi) is 29.3. The lowest BCUT2D eigenvalue weighted by Crippen LogP contribution is -2.28. The third-order valence-electron chi connectivity index (χ3n) is 18.8. The van der Waals surface area contributed by atoms with E-state index in [0.717, 1.165) is 111 Å². The smallest absolute Gasteiger partial charge is 0.426 e. The zero-order chi connectivity index (χ0) is 82.7. The molecule has 8 heterocycles. The highest BCUT2D eigenvalue weighted by Crippen LogP contribution is 2.36. The largest absolute Gasteiger partial charge is 0.573 e. The number of aliphatic hydroxyl groups excluding tert-OH is 1. The molecule has 4 atom stereocenters. The van der Waals surface area contributed by atoms with Gasteiger partial charge in [-0.1, -0.05) is 72.8 Å². The minimum atomic E-state index is -4.73. The first kappa shape index (κ1) is 86.3. The minimum Gasteiger partial charge on any atom is -0.426 e. The van der Waals surface area contributed by atoms with E-state index in [0.29, 0.717) is 95.2 Å². The van der Waals surface area contributed by atoms with Gasteiger partial charge in [0.05, 0.1) is 73.6 Å². The lowest BCUT2D eigenvalue weighted by molar-refractivity contribution is -0.275. The molecule has 3 aromatic heterocycles. The summed E-state index contributed by atoms with van der Waals surface area (Å²) in [7, 11) is 0. The van der Waals surface area contributed by atoms with Crippen molar-refractivity contribution in [3.05, 3.63) is 207 Å². The molecule has 620 valence electrons. The van der Waals surface area contributed by atoms with E-state index in [1.165, 1.54) is 110 Å². The average Bonchev–Trinajstić information content (AvgIpc) is 1.64. The Hall–Kier alpha value is -10.5. The molecular weight excluding hydrogens is 1580 g/mol. The Morgan fingerprint density at radius 2 is 0.629 bits per heavy atom. The van der Waals surface area contributed by atoms with Crippen LogP contribution >= 0.6 is 12.1 Å². The summed E-state index contributed by atoms with van der Waals surface area (Å²) in [5.74, 6) is -2.26. The highest BCUT2D eigenvalue weighted by molar-refractivity contribution is 7.93. The number of fused-ring (bicyclic) bond motifs is 4. The Bertz CT molecular complexity index is 4790. The lowest BCUT2D eigenvalue weighted by Gasteiger charge is -2.22. The summed E-state index contributed by atoms with van der Waals surface area (Å²) < 4.78 is 221. The van der Waals surface area contributed by atoms with Gasteiger partial charge in [-0.15, -0.1) is 52.7 Å². The second-order valence-corrected chi connectivity index (χ2v) is 27.3.